The van der Waals surface area contributed by atoms with E-state index in [1.807, 2.05) is 38.1 Å². The summed E-state index contributed by atoms with van der Waals surface area (Å²) >= 11 is 0. The van der Waals surface area contributed by atoms with Crippen LogP contribution in [0.5, 0.6) is 0 Å². The number of sulfonamides is 1. The molecule has 0 saturated heterocycles. The molecular formula is C24H29N3O5S. The number of amides is 3. The zero-order valence-corrected chi connectivity index (χ0v) is 19.9. The minimum Gasteiger partial charge on any atom is -0.355 e. The number of nitrogens with one attached hydrogen (secondary N) is 1. The molecule has 1 aliphatic heterocycles. The van der Waals surface area contributed by atoms with Gasteiger partial charge in [0.2, 0.25) is 11.8 Å². The fraction of sp³-hybridized carbons (Fsp3) is 0.375. The zero-order valence-electron chi connectivity index (χ0n) is 19.1. The van der Waals surface area contributed by atoms with Crippen molar-refractivity contribution in [1.29, 1.82) is 0 Å². The molecule has 8 nitrogen and oxygen atoms in total. The molecular weight excluding hydrogens is 442 g/mol. The lowest BCUT2D eigenvalue weighted by atomic mass is 10.1. The molecule has 3 amide bonds. The summed E-state index contributed by atoms with van der Waals surface area (Å²) < 4.78 is 26.3. The molecule has 0 aromatic heterocycles. The van der Waals surface area contributed by atoms with Gasteiger partial charge in [-0.05, 0) is 38.0 Å². The molecule has 1 N–H and O–H groups in total. The summed E-state index contributed by atoms with van der Waals surface area (Å²) in [7, 11) is -4.00. The fourth-order valence-electron chi connectivity index (χ4n) is 3.89. The van der Waals surface area contributed by atoms with Crippen LogP contribution < -0.4 is 5.32 Å². The molecule has 1 aliphatic rings. The Morgan fingerprint density at radius 1 is 1.06 bits per heavy atom. The Morgan fingerprint density at radius 2 is 1.73 bits per heavy atom. The van der Waals surface area contributed by atoms with E-state index in [4.69, 9.17) is 0 Å². The maximum Gasteiger partial charge on any atom is 0.269 e. The number of benzene rings is 2. The van der Waals surface area contributed by atoms with Gasteiger partial charge in [-0.25, -0.2) is 12.7 Å². The monoisotopic (exact) mass is 471 g/mol. The number of aryl methyl sites for hydroxylation is 1. The number of carbonyl (C=O) groups excluding carboxylic acids is 3. The van der Waals surface area contributed by atoms with Crippen molar-refractivity contribution in [3.05, 3.63) is 65.2 Å². The summed E-state index contributed by atoms with van der Waals surface area (Å²) in [5.41, 5.74) is 2.04. The molecule has 176 valence electrons. The minimum absolute atomic E-state index is 0.0484. The first-order valence-corrected chi connectivity index (χ1v) is 12.4. The van der Waals surface area contributed by atoms with Crippen molar-refractivity contribution in [1.82, 2.24) is 14.5 Å². The zero-order chi connectivity index (χ0) is 24.2. The van der Waals surface area contributed by atoms with Crippen LogP contribution >= 0.6 is 0 Å². The Hall–Kier alpha value is -3.20. The third kappa shape index (κ3) is 5.08. The number of carbonyl (C=O) groups is 3. The van der Waals surface area contributed by atoms with Gasteiger partial charge < -0.3 is 10.2 Å². The Kier molecular flexibility index (Phi) is 7.53. The van der Waals surface area contributed by atoms with Crippen molar-refractivity contribution in [2.45, 2.75) is 51.1 Å². The summed E-state index contributed by atoms with van der Waals surface area (Å²) in [5, 5.41) is 2.76. The van der Waals surface area contributed by atoms with Crippen LogP contribution in [0.1, 0.15) is 48.2 Å². The number of likely N-dealkylation sites (N-methyl/N-ethyl adjacent to an activating group) is 1. The molecule has 0 aliphatic carbocycles. The van der Waals surface area contributed by atoms with E-state index in [1.165, 1.54) is 17.0 Å². The van der Waals surface area contributed by atoms with Crippen molar-refractivity contribution >= 4 is 27.7 Å². The van der Waals surface area contributed by atoms with Gasteiger partial charge in [0, 0.05) is 26.1 Å². The number of fused-ring (bicyclic) bond motifs is 1. The molecule has 0 saturated carbocycles. The predicted molar refractivity (Wildman–Crippen MR) is 124 cm³/mol. The third-order valence-corrected chi connectivity index (χ3v) is 7.49. The van der Waals surface area contributed by atoms with Crippen molar-refractivity contribution in [3.8, 4) is 0 Å². The Morgan fingerprint density at radius 3 is 2.33 bits per heavy atom. The van der Waals surface area contributed by atoms with Crippen molar-refractivity contribution in [2.24, 2.45) is 0 Å². The molecule has 33 heavy (non-hydrogen) atoms. The first kappa shape index (κ1) is 24.4. The van der Waals surface area contributed by atoms with E-state index in [9.17, 15) is 22.8 Å². The van der Waals surface area contributed by atoms with E-state index in [2.05, 4.69) is 5.32 Å². The second kappa shape index (κ2) is 10.2. The van der Waals surface area contributed by atoms with Crippen molar-refractivity contribution in [3.63, 3.8) is 0 Å². The van der Waals surface area contributed by atoms with Crippen LogP contribution in [0.15, 0.2) is 53.4 Å². The lowest BCUT2D eigenvalue weighted by Crippen LogP contribution is -2.49. The molecule has 9 heteroatoms. The van der Waals surface area contributed by atoms with Gasteiger partial charge in [0.15, 0.2) is 0 Å². The highest BCUT2D eigenvalue weighted by Crippen LogP contribution is 2.30. The van der Waals surface area contributed by atoms with E-state index in [0.717, 1.165) is 15.4 Å². The quantitative estimate of drug-likeness (QED) is 0.605. The maximum absolute atomic E-state index is 13.3. The van der Waals surface area contributed by atoms with Gasteiger partial charge in [-0.15, -0.1) is 0 Å². The second-order valence-corrected chi connectivity index (χ2v) is 9.79. The fourth-order valence-corrected chi connectivity index (χ4v) is 5.46. The predicted octanol–water partition coefficient (Wildman–Crippen LogP) is 2.47. The highest BCUT2D eigenvalue weighted by molar-refractivity contribution is 7.90. The van der Waals surface area contributed by atoms with E-state index in [0.29, 0.717) is 13.0 Å². The highest BCUT2D eigenvalue weighted by Gasteiger charge is 2.41. The number of hydrogen-bond acceptors (Lipinski definition) is 5. The van der Waals surface area contributed by atoms with E-state index >= 15 is 0 Å². The van der Waals surface area contributed by atoms with Crippen LogP contribution in [0.25, 0.3) is 0 Å². The summed E-state index contributed by atoms with van der Waals surface area (Å²) in [4.78, 5) is 40.0. The molecule has 1 heterocycles. The molecule has 2 aromatic rings. The summed E-state index contributed by atoms with van der Waals surface area (Å²) in [6.45, 7) is 5.93. The highest BCUT2D eigenvalue weighted by atomic mass is 32.2. The Bertz CT molecular complexity index is 1140. The van der Waals surface area contributed by atoms with Gasteiger partial charge in [-0.3, -0.25) is 14.4 Å². The SMILES string of the molecule is CCNC(=O)[C@H](CC)N(Cc1ccc(C)cc1)C(=O)CCN1C(=O)c2ccccc2S1(=O)=O. The van der Waals surface area contributed by atoms with Crippen LogP contribution in [0, 0.1) is 6.92 Å². The number of rotatable bonds is 9. The molecule has 0 unspecified atom stereocenters. The molecule has 2 aromatic carbocycles. The number of hydrogen-bond donors (Lipinski definition) is 1. The topological polar surface area (TPSA) is 104 Å². The van der Waals surface area contributed by atoms with Crippen LogP contribution in [0.4, 0.5) is 0 Å². The van der Waals surface area contributed by atoms with Crippen LogP contribution in [-0.2, 0) is 26.2 Å². The van der Waals surface area contributed by atoms with Gasteiger partial charge in [0.25, 0.3) is 15.9 Å². The largest absolute Gasteiger partial charge is 0.355 e. The van der Waals surface area contributed by atoms with Crippen LogP contribution in [0.2, 0.25) is 0 Å². The maximum atomic E-state index is 13.3. The molecule has 3 rings (SSSR count). The Labute approximate surface area is 194 Å². The summed E-state index contributed by atoms with van der Waals surface area (Å²) in [6, 6.07) is 12.9. The van der Waals surface area contributed by atoms with Gasteiger partial charge in [-0.2, -0.15) is 0 Å². The van der Waals surface area contributed by atoms with Gasteiger partial charge in [0.05, 0.1) is 5.56 Å². The summed E-state index contributed by atoms with van der Waals surface area (Å²) in [6.07, 6.45) is 0.177. The third-order valence-electron chi connectivity index (χ3n) is 5.65. The lowest BCUT2D eigenvalue weighted by Gasteiger charge is -2.31. The first-order chi connectivity index (χ1) is 15.7. The second-order valence-electron chi connectivity index (χ2n) is 7.95. The molecule has 0 radical (unpaired) electrons. The Balaban J connectivity index is 1.82. The first-order valence-electron chi connectivity index (χ1n) is 11.0. The average molecular weight is 472 g/mol. The van der Waals surface area contributed by atoms with E-state index < -0.39 is 27.9 Å². The average Bonchev–Trinajstić information content (AvgIpc) is 2.99. The van der Waals surface area contributed by atoms with Crippen molar-refractivity contribution < 1.29 is 22.8 Å². The molecule has 1 atom stereocenters. The van der Waals surface area contributed by atoms with Gasteiger partial charge >= 0.3 is 0 Å². The van der Waals surface area contributed by atoms with Crippen LogP contribution in [-0.4, -0.2) is 54.5 Å². The smallest absolute Gasteiger partial charge is 0.269 e. The molecule has 0 fully saturated rings. The normalized spacial score (nSPS) is 15.1. The van der Waals surface area contributed by atoms with E-state index in [1.54, 1.807) is 19.1 Å². The molecule has 0 bridgehead atoms. The number of nitrogens with zero attached hydrogens (tertiary/aromatic N) is 2. The van der Waals surface area contributed by atoms with Crippen molar-refractivity contribution in [2.75, 3.05) is 13.1 Å². The summed E-state index contributed by atoms with van der Waals surface area (Å²) in [5.74, 6) is -1.30. The molecule has 0 spiro atoms. The lowest BCUT2D eigenvalue weighted by molar-refractivity contribution is -0.141. The van der Waals surface area contributed by atoms with Gasteiger partial charge in [0.1, 0.15) is 10.9 Å². The van der Waals surface area contributed by atoms with Crippen LogP contribution in [0.3, 0.4) is 0 Å². The van der Waals surface area contributed by atoms with Gasteiger partial charge in [-0.1, -0.05) is 48.9 Å². The standard InChI is InChI=1S/C24H29N3O5S/c1-4-20(23(29)25-5-2)26(16-18-12-10-17(3)11-13-18)22(28)14-15-27-24(30)19-8-6-7-9-21(19)33(27,31)32/h6-13,20H,4-5,14-16H2,1-3H3,(H,25,29)/t20-/m0/s1. The minimum atomic E-state index is -4.00. The van der Waals surface area contributed by atoms with E-state index in [-0.39, 0.29) is 35.9 Å².